The van der Waals surface area contributed by atoms with Gasteiger partial charge in [0.1, 0.15) is 17.4 Å². The van der Waals surface area contributed by atoms with E-state index < -0.39 is 35.1 Å². The van der Waals surface area contributed by atoms with Crippen molar-refractivity contribution in [3.63, 3.8) is 0 Å². The molecule has 9 heteroatoms. The third-order valence-electron chi connectivity index (χ3n) is 10.9. The summed E-state index contributed by atoms with van der Waals surface area (Å²) in [4.78, 5) is 49.8. The van der Waals surface area contributed by atoms with Crippen LogP contribution in [-0.2, 0) is 25.7 Å². The van der Waals surface area contributed by atoms with Crippen molar-refractivity contribution >= 4 is 23.4 Å². The Kier molecular flexibility index (Phi) is 10.8. The molecule has 2 aromatic rings. The fourth-order valence-corrected chi connectivity index (χ4v) is 8.36. The second-order valence-corrected chi connectivity index (χ2v) is 13.4. The Morgan fingerprint density at radius 1 is 1.04 bits per heavy atom. The van der Waals surface area contributed by atoms with Crippen molar-refractivity contribution in [3.05, 3.63) is 85.5 Å². The molecule has 7 atom stereocenters. The van der Waals surface area contributed by atoms with Gasteiger partial charge in [-0.05, 0) is 61.9 Å². The zero-order chi connectivity index (χ0) is 34.6. The average Bonchev–Trinajstić information content (AvgIpc) is 3.71. The maximum Gasteiger partial charge on any atom is 0.249 e. The molecule has 1 spiro atoms. The molecule has 3 amide bonds. The molecule has 3 aliphatic rings. The SMILES string of the molecule is C=CCN(Cc1ccccc1)C(=O)C1N([C@@H](CO)[C@@H](C)CC)C(=O)[C@@H]2[C@H](C(=O)N(CC=C)c3ccc(OCC)cc3)[C@]3(CC)CCC12O3. The average molecular weight is 658 g/mol. The number of aliphatic hydroxyl groups excluding tert-OH is 1. The number of benzene rings is 2. The van der Waals surface area contributed by atoms with Crippen LogP contribution < -0.4 is 9.64 Å². The van der Waals surface area contributed by atoms with Crippen LogP contribution in [0, 0.1) is 17.8 Å². The van der Waals surface area contributed by atoms with Gasteiger partial charge in [0.15, 0.2) is 0 Å². The molecule has 2 unspecified atom stereocenters. The first-order valence-electron chi connectivity index (χ1n) is 17.4. The Balaban J connectivity index is 1.61. The van der Waals surface area contributed by atoms with E-state index in [1.807, 2.05) is 82.3 Å². The van der Waals surface area contributed by atoms with E-state index in [0.29, 0.717) is 50.3 Å². The number of hydrogen-bond donors (Lipinski definition) is 1. The van der Waals surface area contributed by atoms with E-state index in [-0.39, 0.29) is 43.3 Å². The molecule has 0 radical (unpaired) electrons. The van der Waals surface area contributed by atoms with Gasteiger partial charge in [0.05, 0.1) is 36.7 Å². The maximum atomic E-state index is 15.0. The van der Waals surface area contributed by atoms with Crippen molar-refractivity contribution < 1.29 is 29.0 Å². The van der Waals surface area contributed by atoms with Crippen LogP contribution in [0.15, 0.2) is 79.9 Å². The van der Waals surface area contributed by atoms with Gasteiger partial charge < -0.3 is 29.3 Å². The number of carbonyl (C=O) groups is 3. The zero-order valence-electron chi connectivity index (χ0n) is 28.8. The number of likely N-dealkylation sites (tertiary alicyclic amines) is 1. The largest absolute Gasteiger partial charge is 0.494 e. The quantitative estimate of drug-likeness (QED) is 0.244. The van der Waals surface area contributed by atoms with Crippen molar-refractivity contribution in [2.45, 2.75) is 83.2 Å². The highest BCUT2D eigenvalue weighted by molar-refractivity contribution is 6.03. The predicted octanol–water partition coefficient (Wildman–Crippen LogP) is 5.38. The van der Waals surface area contributed by atoms with Crippen LogP contribution in [0.1, 0.15) is 58.9 Å². The lowest BCUT2D eigenvalue weighted by atomic mass is 9.64. The highest BCUT2D eigenvalue weighted by Gasteiger charge is 2.79. The molecule has 2 bridgehead atoms. The summed E-state index contributed by atoms with van der Waals surface area (Å²) >= 11 is 0. The van der Waals surface area contributed by atoms with Crippen molar-refractivity contribution in [1.82, 2.24) is 9.80 Å². The molecule has 3 heterocycles. The van der Waals surface area contributed by atoms with E-state index in [1.54, 1.807) is 26.9 Å². The molecule has 2 aromatic carbocycles. The van der Waals surface area contributed by atoms with Crippen molar-refractivity contribution in [2.24, 2.45) is 17.8 Å². The fraction of sp³-hybridized carbons (Fsp3) is 0.513. The van der Waals surface area contributed by atoms with Crippen LogP contribution >= 0.6 is 0 Å². The minimum absolute atomic E-state index is 0.0981. The lowest BCUT2D eigenvalue weighted by molar-refractivity contribution is -0.157. The molecule has 0 aromatic heterocycles. The van der Waals surface area contributed by atoms with E-state index in [4.69, 9.17) is 9.47 Å². The second-order valence-electron chi connectivity index (χ2n) is 13.4. The summed E-state index contributed by atoms with van der Waals surface area (Å²) in [5.74, 6) is -1.90. The zero-order valence-corrected chi connectivity index (χ0v) is 28.8. The summed E-state index contributed by atoms with van der Waals surface area (Å²) < 4.78 is 12.7. The Morgan fingerprint density at radius 2 is 1.73 bits per heavy atom. The highest BCUT2D eigenvalue weighted by atomic mass is 16.5. The summed E-state index contributed by atoms with van der Waals surface area (Å²) in [6, 6.07) is 15.4. The maximum absolute atomic E-state index is 15.0. The van der Waals surface area contributed by atoms with Crippen LogP contribution in [0.2, 0.25) is 0 Å². The minimum atomic E-state index is -1.22. The standard InChI is InChI=1S/C39H51N3O6/c1-7-23-40(25-28-15-13-12-14-16-28)37(46)34-39-22-21-38(10-4,48-39)32(33(39)36(45)42(34)31(26-43)27(6)9-3)35(44)41(24-8-2)29-17-19-30(20-18-29)47-11-5/h7-8,12-20,27,31-34,43H,1-2,9-11,21-26H2,3-6H3/t27-,31-,32+,33-,34?,38-,39?/m0/s1. The lowest BCUT2D eigenvalue weighted by Crippen LogP contribution is -2.59. The Hall–Kier alpha value is -3.95. The molecular weight excluding hydrogens is 606 g/mol. The van der Waals surface area contributed by atoms with E-state index in [1.165, 1.54) is 0 Å². The molecule has 9 nitrogen and oxygen atoms in total. The van der Waals surface area contributed by atoms with Gasteiger partial charge in [0.2, 0.25) is 17.7 Å². The van der Waals surface area contributed by atoms with Crippen molar-refractivity contribution in [2.75, 3.05) is 31.2 Å². The number of aliphatic hydroxyl groups is 1. The number of hydrogen-bond acceptors (Lipinski definition) is 6. The molecule has 3 fully saturated rings. The Labute approximate surface area is 285 Å². The summed E-state index contributed by atoms with van der Waals surface area (Å²) in [5, 5.41) is 10.8. The number of anilines is 1. The van der Waals surface area contributed by atoms with Crippen LogP contribution in [-0.4, -0.2) is 82.2 Å². The van der Waals surface area contributed by atoms with Gasteiger partial charge in [-0.3, -0.25) is 14.4 Å². The number of rotatable bonds is 16. The van der Waals surface area contributed by atoms with Gasteiger partial charge in [0, 0.05) is 25.3 Å². The molecule has 0 aliphatic carbocycles. The molecule has 5 rings (SSSR count). The van der Waals surface area contributed by atoms with Gasteiger partial charge in [-0.1, -0.05) is 69.7 Å². The van der Waals surface area contributed by atoms with E-state index in [9.17, 15) is 19.5 Å². The van der Waals surface area contributed by atoms with Gasteiger partial charge in [0.25, 0.3) is 0 Å². The summed E-state index contributed by atoms with van der Waals surface area (Å²) in [7, 11) is 0. The van der Waals surface area contributed by atoms with Crippen molar-refractivity contribution in [1.29, 1.82) is 0 Å². The van der Waals surface area contributed by atoms with Gasteiger partial charge in [-0.15, -0.1) is 13.2 Å². The molecule has 3 saturated heterocycles. The smallest absolute Gasteiger partial charge is 0.249 e. The van der Waals surface area contributed by atoms with Gasteiger partial charge >= 0.3 is 0 Å². The third-order valence-corrected chi connectivity index (χ3v) is 10.9. The van der Waals surface area contributed by atoms with Crippen LogP contribution in [0.4, 0.5) is 5.69 Å². The first-order chi connectivity index (χ1) is 23.2. The first-order valence-corrected chi connectivity index (χ1v) is 17.4. The predicted molar refractivity (Wildman–Crippen MR) is 186 cm³/mol. The number of nitrogens with zero attached hydrogens (tertiary/aromatic N) is 3. The number of carbonyl (C=O) groups excluding carboxylic acids is 3. The molecular formula is C39H51N3O6. The highest BCUT2D eigenvalue weighted by Crippen LogP contribution is 2.65. The van der Waals surface area contributed by atoms with Crippen LogP contribution in [0.25, 0.3) is 0 Å². The normalized spacial score (nSPS) is 26.9. The summed E-state index contributed by atoms with van der Waals surface area (Å²) in [5.41, 5.74) is -0.529. The minimum Gasteiger partial charge on any atom is -0.494 e. The lowest BCUT2D eigenvalue weighted by Gasteiger charge is -2.41. The number of fused-ring (bicyclic) bond motifs is 1. The number of amides is 3. The molecule has 258 valence electrons. The van der Waals surface area contributed by atoms with Crippen molar-refractivity contribution in [3.8, 4) is 5.75 Å². The molecule has 1 N–H and O–H groups in total. The molecule has 0 saturated carbocycles. The Bertz CT molecular complexity index is 1480. The summed E-state index contributed by atoms with van der Waals surface area (Å²) in [6.45, 7) is 16.8. The van der Waals surface area contributed by atoms with Crippen LogP contribution in [0.3, 0.4) is 0 Å². The second kappa shape index (κ2) is 14.7. The first kappa shape index (κ1) is 35.4. The molecule has 3 aliphatic heterocycles. The van der Waals surface area contributed by atoms with E-state index in [2.05, 4.69) is 13.2 Å². The van der Waals surface area contributed by atoms with Crippen LogP contribution in [0.5, 0.6) is 5.75 Å². The van der Waals surface area contributed by atoms with Gasteiger partial charge in [-0.25, -0.2) is 0 Å². The summed E-state index contributed by atoms with van der Waals surface area (Å²) in [6.07, 6.45) is 5.57. The van der Waals surface area contributed by atoms with Gasteiger partial charge in [-0.2, -0.15) is 0 Å². The third kappa shape index (κ3) is 5.96. The topological polar surface area (TPSA) is 99.6 Å². The fourth-order valence-electron chi connectivity index (χ4n) is 8.36. The molecule has 48 heavy (non-hydrogen) atoms. The van der Waals surface area contributed by atoms with E-state index in [0.717, 1.165) is 5.56 Å². The Morgan fingerprint density at radius 3 is 2.31 bits per heavy atom. The monoisotopic (exact) mass is 657 g/mol. The van der Waals surface area contributed by atoms with E-state index >= 15 is 0 Å². The number of ether oxygens (including phenoxy) is 2.